The molecule has 0 bridgehead atoms. The van der Waals surface area contributed by atoms with E-state index in [1.54, 1.807) is 18.3 Å². The predicted octanol–water partition coefficient (Wildman–Crippen LogP) is 1.71. The third-order valence-corrected chi connectivity index (χ3v) is 4.57. The van der Waals surface area contributed by atoms with Crippen LogP contribution in [-0.2, 0) is 9.84 Å². The van der Waals surface area contributed by atoms with Crippen molar-refractivity contribution >= 4 is 9.84 Å². The van der Waals surface area contributed by atoms with Gasteiger partial charge in [-0.25, -0.2) is 8.42 Å². The summed E-state index contributed by atoms with van der Waals surface area (Å²) in [4.78, 5) is 0.160. The van der Waals surface area contributed by atoms with Crippen molar-refractivity contribution in [3.05, 3.63) is 30.5 Å². The molecule has 0 unspecified atom stereocenters. The van der Waals surface area contributed by atoms with Gasteiger partial charge in [-0.05, 0) is 31.2 Å². The summed E-state index contributed by atoms with van der Waals surface area (Å²) in [6.45, 7) is 4.01. The lowest BCUT2D eigenvalue weighted by Gasteiger charge is -2.15. The van der Waals surface area contributed by atoms with E-state index in [0.717, 1.165) is 11.9 Å². The number of sulfone groups is 1. The Kier molecular flexibility index (Phi) is 3.72. The molecular formula is C14H16N6O2S. The smallest absolute Gasteiger partial charge is 0.206 e. The van der Waals surface area contributed by atoms with E-state index in [0.29, 0.717) is 11.1 Å². The second-order valence-electron chi connectivity index (χ2n) is 5.44. The first-order chi connectivity index (χ1) is 10.9. The second-order valence-corrected chi connectivity index (χ2v) is 7.43. The van der Waals surface area contributed by atoms with Crippen LogP contribution in [0.5, 0.6) is 0 Å². The van der Waals surface area contributed by atoms with Crippen molar-refractivity contribution in [2.24, 2.45) is 0 Å². The number of H-pyrrole nitrogens is 1. The molecule has 3 aromatic rings. The molecule has 0 spiro atoms. The topological polar surface area (TPSA) is 106 Å². The molecule has 8 nitrogen and oxygen atoms in total. The Morgan fingerprint density at radius 3 is 2.61 bits per heavy atom. The molecule has 1 aromatic carbocycles. The first-order valence-corrected chi connectivity index (χ1v) is 8.89. The zero-order valence-corrected chi connectivity index (χ0v) is 13.7. The van der Waals surface area contributed by atoms with Crippen molar-refractivity contribution in [2.45, 2.75) is 24.8 Å². The summed E-state index contributed by atoms with van der Waals surface area (Å²) in [6, 6.07) is 7.04. The van der Waals surface area contributed by atoms with E-state index in [9.17, 15) is 8.42 Å². The molecule has 0 atom stereocenters. The van der Waals surface area contributed by atoms with Crippen molar-refractivity contribution in [1.29, 1.82) is 0 Å². The van der Waals surface area contributed by atoms with Gasteiger partial charge in [0, 0.05) is 24.1 Å². The van der Waals surface area contributed by atoms with Crippen molar-refractivity contribution in [3.8, 4) is 22.6 Å². The van der Waals surface area contributed by atoms with Gasteiger partial charge in [0.1, 0.15) is 0 Å². The van der Waals surface area contributed by atoms with Crippen LogP contribution >= 0.6 is 0 Å². The summed E-state index contributed by atoms with van der Waals surface area (Å²) in [5.74, 6) is 0.234. The van der Waals surface area contributed by atoms with Crippen LogP contribution in [0.15, 0.2) is 35.4 Å². The van der Waals surface area contributed by atoms with Gasteiger partial charge >= 0.3 is 0 Å². The van der Waals surface area contributed by atoms with Gasteiger partial charge in [0.05, 0.1) is 16.2 Å². The molecule has 0 aliphatic carbocycles. The lowest BCUT2D eigenvalue weighted by molar-refractivity contribution is 0.538. The maximum Gasteiger partial charge on any atom is 0.206 e. The van der Waals surface area contributed by atoms with Gasteiger partial charge in [0.25, 0.3) is 0 Å². The molecule has 120 valence electrons. The van der Waals surface area contributed by atoms with Crippen molar-refractivity contribution < 1.29 is 8.42 Å². The number of hydrogen-bond donors (Lipinski definition) is 1. The second kappa shape index (κ2) is 5.58. The highest BCUT2D eigenvalue weighted by atomic mass is 32.2. The lowest BCUT2D eigenvalue weighted by Crippen LogP contribution is -2.07. The molecule has 0 aliphatic heterocycles. The molecule has 2 heterocycles. The first kappa shape index (κ1) is 15.3. The van der Waals surface area contributed by atoms with E-state index in [2.05, 4.69) is 25.7 Å². The average molecular weight is 332 g/mol. The number of nitrogens with zero attached hydrogens (tertiary/aromatic N) is 5. The standard InChI is InChI=1S/C14H16N6O2S/c1-9(2)20-11(7-8-15-20)10-5-4-6-12(23(3,21)22)13(10)14-16-18-19-17-14/h4-9H,1-3H3,(H,16,17,18,19). The highest BCUT2D eigenvalue weighted by molar-refractivity contribution is 7.90. The molecule has 0 saturated heterocycles. The maximum absolute atomic E-state index is 12.2. The Hall–Kier alpha value is -2.55. The molecule has 1 N–H and O–H groups in total. The van der Waals surface area contributed by atoms with Gasteiger partial charge in [-0.3, -0.25) is 4.68 Å². The Labute approximate surface area is 133 Å². The third-order valence-electron chi connectivity index (χ3n) is 3.43. The highest BCUT2D eigenvalue weighted by Gasteiger charge is 2.23. The molecule has 0 amide bonds. The van der Waals surface area contributed by atoms with Crippen molar-refractivity contribution in [3.63, 3.8) is 0 Å². The molecule has 0 radical (unpaired) electrons. The van der Waals surface area contributed by atoms with E-state index in [4.69, 9.17) is 0 Å². The molecule has 9 heteroatoms. The molecule has 0 saturated carbocycles. The van der Waals surface area contributed by atoms with Crippen LogP contribution in [-0.4, -0.2) is 45.1 Å². The number of aromatic amines is 1. The number of benzene rings is 1. The normalized spacial score (nSPS) is 12.0. The molecule has 3 rings (SSSR count). The largest absolute Gasteiger partial charge is 0.262 e. The Bertz CT molecular complexity index is 928. The van der Waals surface area contributed by atoms with Crippen LogP contribution in [0.25, 0.3) is 22.6 Å². The predicted molar refractivity (Wildman–Crippen MR) is 84.3 cm³/mol. The van der Waals surface area contributed by atoms with Crippen LogP contribution in [0, 0.1) is 0 Å². The van der Waals surface area contributed by atoms with Gasteiger partial charge in [-0.1, -0.05) is 12.1 Å². The molecule has 0 fully saturated rings. The molecular weight excluding hydrogens is 316 g/mol. The fraction of sp³-hybridized carbons (Fsp3) is 0.286. The number of rotatable bonds is 4. The minimum absolute atomic E-state index is 0.125. The first-order valence-electron chi connectivity index (χ1n) is 7.00. The van der Waals surface area contributed by atoms with Crippen molar-refractivity contribution in [2.75, 3.05) is 6.26 Å². The minimum atomic E-state index is -3.46. The number of hydrogen-bond acceptors (Lipinski definition) is 6. The fourth-order valence-electron chi connectivity index (χ4n) is 2.49. The van der Waals surface area contributed by atoms with Crippen LogP contribution in [0.4, 0.5) is 0 Å². The monoisotopic (exact) mass is 332 g/mol. The van der Waals surface area contributed by atoms with Crippen molar-refractivity contribution in [1.82, 2.24) is 30.4 Å². The Morgan fingerprint density at radius 1 is 1.22 bits per heavy atom. The summed E-state index contributed by atoms with van der Waals surface area (Å²) in [7, 11) is -3.46. The summed E-state index contributed by atoms with van der Waals surface area (Å²) >= 11 is 0. The van der Waals surface area contributed by atoms with Gasteiger partial charge in [-0.2, -0.15) is 10.3 Å². The molecule has 2 aromatic heterocycles. The van der Waals surface area contributed by atoms with E-state index >= 15 is 0 Å². The quantitative estimate of drug-likeness (QED) is 0.779. The van der Waals surface area contributed by atoms with Gasteiger partial charge in [0.2, 0.25) is 5.82 Å². The zero-order valence-electron chi connectivity index (χ0n) is 12.9. The minimum Gasteiger partial charge on any atom is -0.262 e. The zero-order chi connectivity index (χ0) is 16.6. The van der Waals surface area contributed by atoms with E-state index in [1.807, 2.05) is 30.7 Å². The Morgan fingerprint density at radius 2 is 2.00 bits per heavy atom. The number of tetrazole rings is 1. The third kappa shape index (κ3) is 2.74. The summed E-state index contributed by atoms with van der Waals surface area (Å²) in [5.41, 5.74) is 1.91. The molecule has 0 aliphatic rings. The number of nitrogens with one attached hydrogen (secondary N) is 1. The highest BCUT2D eigenvalue weighted by Crippen LogP contribution is 2.35. The van der Waals surface area contributed by atoms with Gasteiger partial charge in [0.15, 0.2) is 9.84 Å². The van der Waals surface area contributed by atoms with Gasteiger partial charge < -0.3 is 0 Å². The van der Waals surface area contributed by atoms with Crippen LogP contribution in [0.3, 0.4) is 0 Å². The Balaban J connectivity index is 2.36. The van der Waals surface area contributed by atoms with Crippen LogP contribution in [0.2, 0.25) is 0 Å². The van der Waals surface area contributed by atoms with E-state index in [1.165, 1.54) is 0 Å². The van der Waals surface area contributed by atoms with Gasteiger partial charge in [-0.15, -0.1) is 10.2 Å². The maximum atomic E-state index is 12.2. The lowest BCUT2D eigenvalue weighted by atomic mass is 10.0. The van der Waals surface area contributed by atoms with E-state index in [-0.39, 0.29) is 16.8 Å². The summed E-state index contributed by atoms with van der Waals surface area (Å²) < 4.78 is 26.2. The van der Waals surface area contributed by atoms with Crippen LogP contribution < -0.4 is 0 Å². The molecule has 23 heavy (non-hydrogen) atoms. The fourth-order valence-corrected chi connectivity index (χ4v) is 3.39. The van der Waals surface area contributed by atoms with E-state index < -0.39 is 9.84 Å². The summed E-state index contributed by atoms with van der Waals surface area (Å²) in [5, 5.41) is 18.2. The summed E-state index contributed by atoms with van der Waals surface area (Å²) in [6.07, 6.45) is 2.85. The SMILES string of the molecule is CC(C)n1nccc1-c1cccc(S(C)(=O)=O)c1-c1nn[nH]n1. The average Bonchev–Trinajstić information content (AvgIpc) is 3.17. The van der Waals surface area contributed by atoms with Crippen LogP contribution in [0.1, 0.15) is 19.9 Å². The number of aromatic nitrogens is 6.